The molecule has 0 saturated carbocycles. The highest BCUT2D eigenvalue weighted by Crippen LogP contribution is 2.31. The first-order valence-corrected chi connectivity index (χ1v) is 6.62. The zero-order valence-electron chi connectivity index (χ0n) is 12.4. The van der Waals surface area contributed by atoms with E-state index in [-0.39, 0.29) is 22.6 Å². The summed E-state index contributed by atoms with van der Waals surface area (Å²) in [6.07, 6.45) is 0. The lowest BCUT2D eigenvalue weighted by Gasteiger charge is -2.11. The molecular formula is C15H13N3O5. The molecule has 2 aromatic rings. The highest BCUT2D eigenvalue weighted by Gasteiger charge is 2.24. The quantitative estimate of drug-likeness (QED) is 0.686. The highest BCUT2D eigenvalue weighted by molar-refractivity contribution is 6.08. The lowest BCUT2D eigenvalue weighted by atomic mass is 10.1. The van der Waals surface area contributed by atoms with Crippen molar-refractivity contribution in [1.82, 2.24) is 0 Å². The summed E-state index contributed by atoms with van der Waals surface area (Å²) < 4.78 is 0. The number of hydrogen-bond acceptors (Lipinski definition) is 5. The van der Waals surface area contributed by atoms with Gasteiger partial charge in [0.2, 0.25) is 0 Å². The standard InChI is InChI=1S/C15H13N3O5/c1-9-7-8-13(18(22)23)14(10(9)2)16-15(19)11-5-3-4-6-12(11)17(20)21/h3-8H,1-2H3,(H,16,19). The minimum Gasteiger partial charge on any atom is -0.316 e. The number of carbonyl (C=O) groups is 1. The van der Waals surface area contributed by atoms with Crippen LogP contribution in [0.5, 0.6) is 0 Å². The molecule has 0 aromatic heterocycles. The van der Waals surface area contributed by atoms with Crippen LogP contribution in [-0.4, -0.2) is 15.8 Å². The fourth-order valence-corrected chi connectivity index (χ4v) is 2.12. The van der Waals surface area contributed by atoms with E-state index < -0.39 is 15.8 Å². The first-order valence-electron chi connectivity index (χ1n) is 6.62. The maximum absolute atomic E-state index is 12.3. The molecule has 0 aliphatic heterocycles. The van der Waals surface area contributed by atoms with Gasteiger partial charge in [0.15, 0.2) is 0 Å². The van der Waals surface area contributed by atoms with Crippen molar-refractivity contribution in [2.45, 2.75) is 13.8 Å². The molecule has 1 N–H and O–H groups in total. The Morgan fingerprint density at radius 1 is 0.957 bits per heavy atom. The smallest absolute Gasteiger partial charge is 0.293 e. The van der Waals surface area contributed by atoms with E-state index in [1.807, 2.05) is 0 Å². The van der Waals surface area contributed by atoms with Gasteiger partial charge in [0.05, 0.1) is 9.85 Å². The zero-order chi connectivity index (χ0) is 17.1. The van der Waals surface area contributed by atoms with Crippen molar-refractivity contribution in [3.63, 3.8) is 0 Å². The Kier molecular flexibility index (Phi) is 4.35. The number of carbonyl (C=O) groups excluding carboxylic acids is 1. The Balaban J connectivity index is 2.48. The number of anilines is 1. The van der Waals surface area contributed by atoms with E-state index in [1.54, 1.807) is 19.9 Å². The van der Waals surface area contributed by atoms with Gasteiger partial charge in [-0.2, -0.15) is 0 Å². The van der Waals surface area contributed by atoms with Crippen molar-refractivity contribution in [1.29, 1.82) is 0 Å². The Labute approximate surface area is 131 Å². The number of nitrogens with zero attached hydrogens (tertiary/aromatic N) is 2. The van der Waals surface area contributed by atoms with E-state index in [0.29, 0.717) is 5.56 Å². The summed E-state index contributed by atoms with van der Waals surface area (Å²) in [5.41, 5.74) is 0.545. The van der Waals surface area contributed by atoms with Gasteiger partial charge in [-0.05, 0) is 31.0 Å². The van der Waals surface area contributed by atoms with E-state index in [2.05, 4.69) is 5.32 Å². The number of nitro groups is 2. The second kappa shape index (κ2) is 6.22. The topological polar surface area (TPSA) is 115 Å². The van der Waals surface area contributed by atoms with E-state index in [1.165, 1.54) is 30.3 Å². The fraction of sp³-hybridized carbons (Fsp3) is 0.133. The molecule has 1 amide bonds. The number of para-hydroxylation sites is 1. The molecular weight excluding hydrogens is 302 g/mol. The summed E-state index contributed by atoms with van der Waals surface area (Å²) in [5.74, 6) is -0.769. The molecule has 8 heteroatoms. The highest BCUT2D eigenvalue weighted by atomic mass is 16.6. The van der Waals surface area contributed by atoms with E-state index in [4.69, 9.17) is 0 Å². The van der Waals surface area contributed by atoms with Crippen molar-refractivity contribution in [3.8, 4) is 0 Å². The van der Waals surface area contributed by atoms with Crippen molar-refractivity contribution in [2.24, 2.45) is 0 Å². The van der Waals surface area contributed by atoms with Crippen LogP contribution < -0.4 is 5.32 Å². The second-order valence-electron chi connectivity index (χ2n) is 4.89. The minimum atomic E-state index is -0.769. The molecule has 0 atom stereocenters. The predicted octanol–water partition coefficient (Wildman–Crippen LogP) is 3.37. The third-order valence-electron chi connectivity index (χ3n) is 3.49. The van der Waals surface area contributed by atoms with Crippen molar-refractivity contribution in [2.75, 3.05) is 5.32 Å². The van der Waals surface area contributed by atoms with Crippen LogP contribution in [0.15, 0.2) is 36.4 Å². The van der Waals surface area contributed by atoms with Crippen molar-refractivity contribution >= 4 is 23.0 Å². The summed E-state index contributed by atoms with van der Waals surface area (Å²) >= 11 is 0. The second-order valence-corrected chi connectivity index (χ2v) is 4.89. The Morgan fingerprint density at radius 3 is 2.17 bits per heavy atom. The molecule has 0 heterocycles. The molecule has 118 valence electrons. The van der Waals surface area contributed by atoms with Crippen LogP contribution in [0.2, 0.25) is 0 Å². The van der Waals surface area contributed by atoms with Gasteiger partial charge in [-0.15, -0.1) is 0 Å². The molecule has 0 spiro atoms. The number of nitro benzene ring substituents is 2. The molecule has 23 heavy (non-hydrogen) atoms. The van der Waals surface area contributed by atoms with E-state index in [0.717, 1.165) is 5.56 Å². The van der Waals surface area contributed by atoms with Crippen LogP contribution >= 0.6 is 0 Å². The van der Waals surface area contributed by atoms with Gasteiger partial charge in [0, 0.05) is 12.1 Å². The number of aryl methyl sites for hydroxylation is 1. The molecule has 2 aromatic carbocycles. The number of amides is 1. The average molecular weight is 315 g/mol. The normalized spacial score (nSPS) is 10.2. The summed E-state index contributed by atoms with van der Waals surface area (Å²) in [6, 6.07) is 8.29. The first kappa shape index (κ1) is 16.1. The number of rotatable bonds is 4. The fourth-order valence-electron chi connectivity index (χ4n) is 2.12. The SMILES string of the molecule is Cc1ccc([N+](=O)[O-])c(NC(=O)c2ccccc2[N+](=O)[O-])c1C. The van der Waals surface area contributed by atoms with E-state index in [9.17, 15) is 25.0 Å². The molecule has 0 radical (unpaired) electrons. The van der Waals surface area contributed by atoms with Crippen LogP contribution in [0.1, 0.15) is 21.5 Å². The van der Waals surface area contributed by atoms with Crippen LogP contribution in [0.3, 0.4) is 0 Å². The van der Waals surface area contributed by atoms with Gasteiger partial charge in [0.1, 0.15) is 11.3 Å². The van der Waals surface area contributed by atoms with Crippen molar-refractivity contribution < 1.29 is 14.6 Å². The van der Waals surface area contributed by atoms with E-state index >= 15 is 0 Å². The van der Waals surface area contributed by atoms with Gasteiger partial charge in [-0.25, -0.2) is 0 Å². The number of benzene rings is 2. The first-order chi connectivity index (χ1) is 10.8. The number of nitrogens with one attached hydrogen (secondary N) is 1. The van der Waals surface area contributed by atoms with Gasteiger partial charge in [-0.3, -0.25) is 25.0 Å². The van der Waals surface area contributed by atoms with Crippen LogP contribution in [0, 0.1) is 34.1 Å². The zero-order valence-corrected chi connectivity index (χ0v) is 12.4. The Hall–Kier alpha value is -3.29. The van der Waals surface area contributed by atoms with Gasteiger partial charge >= 0.3 is 0 Å². The summed E-state index contributed by atoms with van der Waals surface area (Å²) in [6.45, 7) is 3.39. The Morgan fingerprint density at radius 2 is 1.57 bits per heavy atom. The molecule has 8 nitrogen and oxygen atoms in total. The third kappa shape index (κ3) is 3.15. The van der Waals surface area contributed by atoms with Crippen LogP contribution in [-0.2, 0) is 0 Å². The summed E-state index contributed by atoms with van der Waals surface area (Å²) in [7, 11) is 0. The molecule has 0 aliphatic carbocycles. The summed E-state index contributed by atoms with van der Waals surface area (Å²) in [5, 5.41) is 24.5. The number of hydrogen-bond donors (Lipinski definition) is 1. The lowest BCUT2D eigenvalue weighted by Crippen LogP contribution is -2.16. The third-order valence-corrected chi connectivity index (χ3v) is 3.49. The predicted molar refractivity (Wildman–Crippen MR) is 83.6 cm³/mol. The van der Waals surface area contributed by atoms with Crippen molar-refractivity contribution in [3.05, 3.63) is 73.3 Å². The minimum absolute atomic E-state index is 0.0400. The van der Waals surface area contributed by atoms with Gasteiger partial charge in [0.25, 0.3) is 17.3 Å². The van der Waals surface area contributed by atoms with Gasteiger partial charge in [-0.1, -0.05) is 18.2 Å². The average Bonchev–Trinajstić information content (AvgIpc) is 2.51. The molecule has 2 rings (SSSR count). The summed E-state index contributed by atoms with van der Waals surface area (Å²) in [4.78, 5) is 33.2. The van der Waals surface area contributed by atoms with Crippen LogP contribution in [0.4, 0.5) is 17.1 Å². The monoisotopic (exact) mass is 315 g/mol. The maximum Gasteiger partial charge on any atom is 0.293 e. The molecule has 0 bridgehead atoms. The lowest BCUT2D eigenvalue weighted by molar-refractivity contribution is -0.385. The maximum atomic E-state index is 12.3. The molecule has 0 aliphatic rings. The largest absolute Gasteiger partial charge is 0.316 e. The molecule has 0 saturated heterocycles. The molecule has 0 unspecified atom stereocenters. The van der Waals surface area contributed by atoms with Gasteiger partial charge < -0.3 is 5.32 Å². The van der Waals surface area contributed by atoms with Crippen LogP contribution in [0.25, 0.3) is 0 Å². The Bertz CT molecular complexity index is 817. The molecule has 0 fully saturated rings.